The number of carbonyl (C=O) groups excluding carboxylic acids is 1. The van der Waals surface area contributed by atoms with Crippen LogP contribution in [0.4, 0.5) is 0 Å². The van der Waals surface area contributed by atoms with Gasteiger partial charge in [-0.1, -0.05) is 23.7 Å². The molecule has 2 bridgehead atoms. The van der Waals surface area contributed by atoms with Crippen LogP contribution >= 0.6 is 11.6 Å². The van der Waals surface area contributed by atoms with E-state index in [9.17, 15) is 4.79 Å². The molecular weight excluding hydrogens is 248 g/mol. The zero-order chi connectivity index (χ0) is 12.5. The van der Waals surface area contributed by atoms with Crippen LogP contribution in [-0.2, 0) is 11.2 Å². The third-order valence-electron chi connectivity index (χ3n) is 3.94. The highest BCUT2D eigenvalue weighted by Gasteiger charge is 2.35. The Bertz CT molecular complexity index is 438. The summed E-state index contributed by atoms with van der Waals surface area (Å²) in [5, 5.41) is 0.720. The van der Waals surface area contributed by atoms with Gasteiger partial charge in [0.25, 0.3) is 0 Å². The molecule has 3 aliphatic rings. The van der Waals surface area contributed by atoms with Gasteiger partial charge in [0, 0.05) is 44.2 Å². The summed E-state index contributed by atoms with van der Waals surface area (Å²) < 4.78 is 0. The summed E-state index contributed by atoms with van der Waals surface area (Å²) in [5.41, 5.74) is 1.06. The molecule has 0 saturated carbocycles. The monoisotopic (exact) mass is 264 g/mol. The van der Waals surface area contributed by atoms with Crippen LogP contribution in [0.5, 0.6) is 0 Å². The lowest BCUT2D eigenvalue weighted by atomic mass is 9.98. The Morgan fingerprint density at radius 3 is 2.39 bits per heavy atom. The Morgan fingerprint density at radius 1 is 1.17 bits per heavy atom. The summed E-state index contributed by atoms with van der Waals surface area (Å²) in [7, 11) is 0. The van der Waals surface area contributed by atoms with Crippen LogP contribution < -0.4 is 0 Å². The Balaban J connectivity index is 1.66. The topological polar surface area (TPSA) is 23.6 Å². The predicted octanol–water partition coefficient (Wildman–Crippen LogP) is 1.45. The molecule has 1 aromatic rings. The average molecular weight is 265 g/mol. The maximum Gasteiger partial charge on any atom is 0.155 e. The Morgan fingerprint density at radius 2 is 1.83 bits per heavy atom. The molecule has 4 heteroatoms. The van der Waals surface area contributed by atoms with E-state index < -0.39 is 0 Å². The zero-order valence-electron chi connectivity index (χ0n) is 10.3. The number of Topliss-reactive ketones (excluding diaryl/α,β-unsaturated/α-hetero) is 1. The van der Waals surface area contributed by atoms with E-state index in [2.05, 4.69) is 9.80 Å². The minimum Gasteiger partial charge on any atom is -0.299 e. The van der Waals surface area contributed by atoms with Crippen molar-refractivity contribution < 1.29 is 4.79 Å². The largest absolute Gasteiger partial charge is 0.299 e. The minimum absolute atomic E-state index is 0.100. The second-order valence-electron chi connectivity index (χ2n) is 5.12. The fourth-order valence-electron chi connectivity index (χ4n) is 2.84. The Kier molecular flexibility index (Phi) is 3.37. The van der Waals surface area contributed by atoms with Crippen molar-refractivity contribution >= 4 is 17.4 Å². The van der Waals surface area contributed by atoms with Gasteiger partial charge in [-0.15, -0.1) is 0 Å². The quantitative estimate of drug-likeness (QED) is 0.826. The molecule has 1 unspecified atom stereocenters. The van der Waals surface area contributed by atoms with Crippen molar-refractivity contribution in [2.45, 2.75) is 12.5 Å². The van der Waals surface area contributed by atoms with E-state index in [1.54, 1.807) is 0 Å². The van der Waals surface area contributed by atoms with Crippen LogP contribution in [0.2, 0.25) is 5.02 Å². The van der Waals surface area contributed by atoms with Crippen molar-refractivity contribution in [3.05, 3.63) is 34.9 Å². The van der Waals surface area contributed by atoms with Gasteiger partial charge < -0.3 is 0 Å². The fourth-order valence-corrected chi connectivity index (χ4v) is 2.97. The van der Waals surface area contributed by atoms with Gasteiger partial charge in [0.1, 0.15) is 0 Å². The highest BCUT2D eigenvalue weighted by atomic mass is 35.5. The van der Waals surface area contributed by atoms with Crippen LogP contribution in [0.25, 0.3) is 0 Å². The smallest absolute Gasteiger partial charge is 0.155 e. The van der Waals surface area contributed by atoms with Crippen LogP contribution in [-0.4, -0.2) is 54.3 Å². The van der Waals surface area contributed by atoms with Crippen molar-refractivity contribution in [3.63, 3.8) is 0 Å². The van der Waals surface area contributed by atoms with E-state index in [1.807, 2.05) is 24.3 Å². The lowest BCUT2D eigenvalue weighted by molar-refractivity contribution is -0.128. The molecule has 0 radical (unpaired) electrons. The number of hydrogen-bond acceptors (Lipinski definition) is 3. The number of carbonyl (C=O) groups is 1. The van der Waals surface area contributed by atoms with E-state index in [-0.39, 0.29) is 6.04 Å². The summed E-state index contributed by atoms with van der Waals surface area (Å²) in [6.07, 6.45) is 0.520. The van der Waals surface area contributed by atoms with E-state index in [4.69, 9.17) is 11.6 Å². The van der Waals surface area contributed by atoms with Crippen LogP contribution in [0.3, 0.4) is 0 Å². The van der Waals surface area contributed by atoms with E-state index in [0.29, 0.717) is 12.2 Å². The standard InChI is InChI=1S/C14H17ClN2O/c15-12-3-1-11(2-4-12)9-14(18)13-10-16-5-7-17(13)8-6-16/h1-4,13H,5-10H2. The molecule has 18 heavy (non-hydrogen) atoms. The highest BCUT2D eigenvalue weighted by Crippen LogP contribution is 2.18. The maximum absolute atomic E-state index is 12.3. The third-order valence-corrected chi connectivity index (χ3v) is 4.19. The second-order valence-corrected chi connectivity index (χ2v) is 5.56. The van der Waals surface area contributed by atoms with Crippen molar-refractivity contribution in [1.29, 1.82) is 0 Å². The van der Waals surface area contributed by atoms with E-state index in [1.165, 1.54) is 0 Å². The van der Waals surface area contributed by atoms with Crippen molar-refractivity contribution in [1.82, 2.24) is 9.80 Å². The van der Waals surface area contributed by atoms with Crippen LogP contribution in [0.15, 0.2) is 24.3 Å². The number of fused-ring (bicyclic) bond motifs is 3. The number of rotatable bonds is 3. The first-order chi connectivity index (χ1) is 8.72. The summed E-state index contributed by atoms with van der Waals surface area (Å²) in [4.78, 5) is 17.1. The molecule has 4 rings (SSSR count). The van der Waals surface area contributed by atoms with Crippen LogP contribution in [0, 0.1) is 0 Å². The predicted molar refractivity (Wildman–Crippen MR) is 72.0 cm³/mol. The number of benzene rings is 1. The number of ketones is 1. The van der Waals surface area contributed by atoms with Gasteiger partial charge in [0.15, 0.2) is 5.78 Å². The van der Waals surface area contributed by atoms with Crippen LogP contribution in [0.1, 0.15) is 5.56 Å². The summed E-state index contributed by atoms with van der Waals surface area (Å²) in [6, 6.07) is 7.68. The van der Waals surface area contributed by atoms with Gasteiger partial charge in [0.2, 0.25) is 0 Å². The Labute approximate surface area is 112 Å². The first-order valence-corrected chi connectivity index (χ1v) is 6.84. The average Bonchev–Trinajstić information content (AvgIpc) is 2.42. The fraction of sp³-hybridized carbons (Fsp3) is 0.500. The SMILES string of the molecule is O=C(Cc1ccc(Cl)cc1)C1CN2CCN1CC2. The molecule has 1 atom stereocenters. The van der Waals surface area contributed by atoms with Gasteiger partial charge in [-0.25, -0.2) is 0 Å². The number of hydrogen-bond donors (Lipinski definition) is 0. The van der Waals surface area contributed by atoms with Crippen molar-refractivity contribution in [2.24, 2.45) is 0 Å². The molecule has 0 aromatic heterocycles. The molecule has 3 fully saturated rings. The Hall–Kier alpha value is -0.900. The molecule has 3 nitrogen and oxygen atoms in total. The first kappa shape index (κ1) is 12.2. The summed E-state index contributed by atoms with van der Waals surface area (Å²) in [6.45, 7) is 5.22. The number of nitrogens with zero attached hydrogens (tertiary/aromatic N) is 2. The molecule has 0 spiro atoms. The molecule has 1 aromatic carbocycles. The normalized spacial score (nSPS) is 30.4. The maximum atomic E-state index is 12.3. The third kappa shape index (κ3) is 2.44. The van der Waals surface area contributed by atoms with Gasteiger partial charge >= 0.3 is 0 Å². The van der Waals surface area contributed by atoms with Gasteiger partial charge in [-0.05, 0) is 17.7 Å². The summed E-state index contributed by atoms with van der Waals surface area (Å²) >= 11 is 5.85. The number of piperazine rings is 3. The molecular formula is C14H17ClN2O. The molecule has 96 valence electrons. The molecule has 3 heterocycles. The molecule has 0 amide bonds. The zero-order valence-corrected chi connectivity index (χ0v) is 11.1. The lowest BCUT2D eigenvalue weighted by Gasteiger charge is -2.46. The second kappa shape index (κ2) is 5.00. The van der Waals surface area contributed by atoms with Crippen molar-refractivity contribution in [3.8, 4) is 0 Å². The highest BCUT2D eigenvalue weighted by molar-refractivity contribution is 6.30. The number of halogens is 1. The van der Waals surface area contributed by atoms with Crippen molar-refractivity contribution in [2.75, 3.05) is 32.7 Å². The molecule has 0 aliphatic carbocycles. The first-order valence-electron chi connectivity index (χ1n) is 6.46. The van der Waals surface area contributed by atoms with Gasteiger partial charge in [-0.2, -0.15) is 0 Å². The van der Waals surface area contributed by atoms with Gasteiger partial charge in [0.05, 0.1) is 6.04 Å². The molecule has 0 N–H and O–H groups in total. The summed E-state index contributed by atoms with van der Waals surface area (Å²) in [5.74, 6) is 0.335. The minimum atomic E-state index is 0.100. The lowest BCUT2D eigenvalue weighted by Crippen LogP contribution is -2.63. The van der Waals surface area contributed by atoms with Gasteiger partial charge in [-0.3, -0.25) is 14.6 Å². The van der Waals surface area contributed by atoms with E-state index in [0.717, 1.165) is 43.3 Å². The molecule has 3 saturated heterocycles. The van der Waals surface area contributed by atoms with E-state index >= 15 is 0 Å². The molecule has 3 aliphatic heterocycles.